The molecule has 0 unspecified atom stereocenters. The van der Waals surface area contributed by atoms with E-state index in [2.05, 4.69) is 5.32 Å². The number of benzene rings is 1. The summed E-state index contributed by atoms with van der Waals surface area (Å²) in [5.41, 5.74) is 1.02. The average Bonchev–Trinajstić information content (AvgIpc) is 2.58. The fourth-order valence-corrected chi connectivity index (χ4v) is 4.05. The molecule has 2 aliphatic rings. The molecule has 2 saturated heterocycles. The van der Waals surface area contributed by atoms with Crippen molar-refractivity contribution in [2.45, 2.75) is 31.5 Å². The lowest BCUT2D eigenvalue weighted by Crippen LogP contribution is -2.57. The van der Waals surface area contributed by atoms with E-state index in [9.17, 15) is 9.59 Å². The van der Waals surface area contributed by atoms with E-state index in [0.717, 1.165) is 29.9 Å². The van der Waals surface area contributed by atoms with E-state index in [0.29, 0.717) is 6.54 Å². The van der Waals surface area contributed by atoms with Gasteiger partial charge in [-0.15, -0.1) is 0 Å². The summed E-state index contributed by atoms with van der Waals surface area (Å²) in [4.78, 5) is 26.5. The fraction of sp³-hybridized carbons (Fsp3) is 0.529. The molecule has 6 heteroatoms. The van der Waals surface area contributed by atoms with Crippen molar-refractivity contribution in [2.75, 3.05) is 24.7 Å². The standard InChI is InChI=1S/C17H22N2O3S/c20-16-12-22-11-15(17(21)18-14-6-8-23-9-7-14)19(16)10-13-4-2-1-3-5-13/h1-5,14-15H,6-12H2,(H,18,21)/t15-/m0/s1. The number of hydrogen-bond donors (Lipinski definition) is 1. The third-order valence-electron chi connectivity index (χ3n) is 4.26. The number of ether oxygens (including phenoxy) is 1. The Hall–Kier alpha value is -1.53. The molecule has 0 aliphatic carbocycles. The molecule has 23 heavy (non-hydrogen) atoms. The van der Waals surface area contributed by atoms with Crippen LogP contribution >= 0.6 is 11.8 Å². The first kappa shape index (κ1) is 16.3. The molecule has 0 spiro atoms. The van der Waals surface area contributed by atoms with Gasteiger partial charge in [-0.3, -0.25) is 9.59 Å². The second kappa shape index (κ2) is 7.84. The van der Waals surface area contributed by atoms with Gasteiger partial charge in [-0.25, -0.2) is 0 Å². The van der Waals surface area contributed by atoms with Crippen LogP contribution < -0.4 is 5.32 Å². The normalized spacial score (nSPS) is 22.9. The molecule has 2 fully saturated rings. The number of hydrogen-bond acceptors (Lipinski definition) is 4. The van der Waals surface area contributed by atoms with Gasteiger partial charge in [0.25, 0.3) is 0 Å². The summed E-state index contributed by atoms with van der Waals surface area (Å²) in [7, 11) is 0. The molecule has 1 aromatic rings. The maximum atomic E-state index is 12.6. The van der Waals surface area contributed by atoms with Gasteiger partial charge in [-0.2, -0.15) is 11.8 Å². The van der Waals surface area contributed by atoms with Gasteiger partial charge < -0.3 is 15.0 Å². The highest BCUT2D eigenvalue weighted by Gasteiger charge is 2.35. The Bertz CT molecular complexity index is 546. The first-order valence-electron chi connectivity index (χ1n) is 8.03. The molecule has 0 bridgehead atoms. The summed E-state index contributed by atoms with van der Waals surface area (Å²) in [6, 6.07) is 9.44. The lowest BCUT2D eigenvalue weighted by Gasteiger charge is -2.35. The quantitative estimate of drug-likeness (QED) is 0.905. The summed E-state index contributed by atoms with van der Waals surface area (Å²) >= 11 is 1.92. The highest BCUT2D eigenvalue weighted by molar-refractivity contribution is 7.99. The van der Waals surface area contributed by atoms with Crippen molar-refractivity contribution in [3.63, 3.8) is 0 Å². The molecule has 3 rings (SSSR count). The molecule has 2 amide bonds. The first-order valence-corrected chi connectivity index (χ1v) is 9.19. The van der Waals surface area contributed by atoms with Crippen LogP contribution in [0.15, 0.2) is 30.3 Å². The van der Waals surface area contributed by atoms with Crippen LogP contribution in [0.25, 0.3) is 0 Å². The van der Waals surface area contributed by atoms with Crippen LogP contribution in [-0.2, 0) is 20.9 Å². The van der Waals surface area contributed by atoms with Crippen LogP contribution in [0, 0.1) is 0 Å². The van der Waals surface area contributed by atoms with E-state index in [1.165, 1.54) is 0 Å². The third-order valence-corrected chi connectivity index (χ3v) is 5.31. The van der Waals surface area contributed by atoms with E-state index in [1.807, 2.05) is 42.1 Å². The maximum Gasteiger partial charge on any atom is 0.249 e. The Labute approximate surface area is 140 Å². The monoisotopic (exact) mass is 334 g/mol. The van der Waals surface area contributed by atoms with Crippen molar-refractivity contribution in [2.24, 2.45) is 0 Å². The van der Waals surface area contributed by atoms with Gasteiger partial charge in [0, 0.05) is 12.6 Å². The lowest BCUT2D eigenvalue weighted by molar-refractivity contribution is -0.155. The Balaban J connectivity index is 1.67. The number of nitrogens with one attached hydrogen (secondary N) is 1. The molecule has 124 valence electrons. The van der Waals surface area contributed by atoms with Gasteiger partial charge in [0.1, 0.15) is 12.6 Å². The summed E-state index contributed by atoms with van der Waals surface area (Å²) in [5, 5.41) is 3.10. The van der Waals surface area contributed by atoms with E-state index in [1.54, 1.807) is 4.90 Å². The zero-order valence-corrected chi connectivity index (χ0v) is 13.9. The van der Waals surface area contributed by atoms with Gasteiger partial charge in [-0.1, -0.05) is 30.3 Å². The highest BCUT2D eigenvalue weighted by Crippen LogP contribution is 2.18. The van der Waals surface area contributed by atoms with Crippen LogP contribution in [0.5, 0.6) is 0 Å². The number of thioether (sulfide) groups is 1. The lowest BCUT2D eigenvalue weighted by atomic mass is 10.1. The van der Waals surface area contributed by atoms with Crippen molar-refractivity contribution >= 4 is 23.6 Å². The molecule has 0 radical (unpaired) electrons. The zero-order chi connectivity index (χ0) is 16.1. The molecule has 1 N–H and O–H groups in total. The van der Waals surface area contributed by atoms with Gasteiger partial charge in [0.2, 0.25) is 11.8 Å². The fourth-order valence-electron chi connectivity index (χ4n) is 2.94. The summed E-state index contributed by atoms with van der Waals surface area (Å²) in [6.07, 6.45) is 1.99. The smallest absolute Gasteiger partial charge is 0.249 e. The van der Waals surface area contributed by atoms with Crippen LogP contribution in [-0.4, -0.2) is 53.5 Å². The number of nitrogens with zero attached hydrogens (tertiary/aromatic N) is 1. The molecule has 0 aromatic heterocycles. The van der Waals surface area contributed by atoms with E-state index in [4.69, 9.17) is 4.74 Å². The van der Waals surface area contributed by atoms with Gasteiger partial charge in [0.05, 0.1) is 6.61 Å². The minimum atomic E-state index is -0.536. The Morgan fingerprint density at radius 2 is 2.00 bits per heavy atom. The highest BCUT2D eigenvalue weighted by atomic mass is 32.2. The maximum absolute atomic E-state index is 12.6. The number of carbonyl (C=O) groups excluding carboxylic acids is 2. The average molecular weight is 334 g/mol. The van der Waals surface area contributed by atoms with E-state index < -0.39 is 6.04 Å². The number of morpholine rings is 1. The Morgan fingerprint density at radius 1 is 1.26 bits per heavy atom. The minimum absolute atomic E-state index is 0.0523. The molecule has 2 aliphatic heterocycles. The van der Waals surface area contributed by atoms with Crippen molar-refractivity contribution in [3.05, 3.63) is 35.9 Å². The molecule has 1 atom stereocenters. The van der Waals surface area contributed by atoms with Crippen LogP contribution in [0.4, 0.5) is 0 Å². The van der Waals surface area contributed by atoms with Crippen LogP contribution in [0.2, 0.25) is 0 Å². The van der Waals surface area contributed by atoms with Crippen LogP contribution in [0.3, 0.4) is 0 Å². The topological polar surface area (TPSA) is 58.6 Å². The molecule has 0 saturated carbocycles. The summed E-state index contributed by atoms with van der Waals surface area (Å²) < 4.78 is 5.32. The second-order valence-corrected chi connectivity index (χ2v) is 7.16. The van der Waals surface area contributed by atoms with Crippen molar-refractivity contribution in [1.82, 2.24) is 10.2 Å². The summed E-state index contributed by atoms with van der Waals surface area (Å²) in [6.45, 7) is 0.768. The van der Waals surface area contributed by atoms with Gasteiger partial charge in [-0.05, 0) is 29.9 Å². The van der Waals surface area contributed by atoms with E-state index in [-0.39, 0.29) is 31.1 Å². The van der Waals surface area contributed by atoms with Gasteiger partial charge >= 0.3 is 0 Å². The second-order valence-electron chi connectivity index (χ2n) is 5.93. The molecule has 2 heterocycles. The number of rotatable bonds is 4. The third kappa shape index (κ3) is 4.26. The van der Waals surface area contributed by atoms with Crippen LogP contribution in [0.1, 0.15) is 18.4 Å². The SMILES string of the molecule is O=C(NC1CCSCC1)[C@@H]1COCC(=O)N1Cc1ccccc1. The van der Waals surface area contributed by atoms with Gasteiger partial charge in [0.15, 0.2) is 0 Å². The van der Waals surface area contributed by atoms with E-state index >= 15 is 0 Å². The van der Waals surface area contributed by atoms with Crippen molar-refractivity contribution < 1.29 is 14.3 Å². The molecular weight excluding hydrogens is 312 g/mol. The molecular formula is C17H22N2O3S. The minimum Gasteiger partial charge on any atom is -0.369 e. The van der Waals surface area contributed by atoms with Crippen molar-refractivity contribution in [3.8, 4) is 0 Å². The zero-order valence-electron chi connectivity index (χ0n) is 13.1. The number of carbonyl (C=O) groups is 2. The molecule has 1 aromatic carbocycles. The Morgan fingerprint density at radius 3 is 2.74 bits per heavy atom. The largest absolute Gasteiger partial charge is 0.369 e. The predicted molar refractivity (Wildman–Crippen MR) is 90.1 cm³/mol. The Kier molecular flexibility index (Phi) is 5.56. The number of amides is 2. The first-order chi connectivity index (χ1) is 11.2. The molecule has 5 nitrogen and oxygen atoms in total. The van der Waals surface area contributed by atoms with Crippen molar-refractivity contribution in [1.29, 1.82) is 0 Å². The summed E-state index contributed by atoms with van der Waals surface area (Å²) in [5.74, 6) is 1.95. The predicted octanol–water partition coefficient (Wildman–Crippen LogP) is 1.43.